The normalized spacial score (nSPS) is 10.7. The molecular formula is C12H11N5O4. The second kappa shape index (κ2) is 5.82. The number of aromatic amines is 1. The van der Waals surface area contributed by atoms with E-state index in [1.807, 2.05) is 6.92 Å². The maximum absolute atomic E-state index is 11.7. The molecule has 0 spiro atoms. The van der Waals surface area contributed by atoms with E-state index in [4.69, 9.17) is 0 Å². The van der Waals surface area contributed by atoms with Crippen LogP contribution in [0, 0.1) is 17.0 Å². The fraction of sp³-hybridized carbons (Fsp3) is 0.0833. The van der Waals surface area contributed by atoms with Gasteiger partial charge in [0.2, 0.25) is 5.69 Å². The Balaban J connectivity index is 2.10. The molecule has 2 aromatic rings. The predicted octanol–water partition coefficient (Wildman–Crippen LogP) is 1.10. The molecule has 0 radical (unpaired) electrons. The molecule has 0 unspecified atom stereocenters. The average Bonchev–Trinajstić information content (AvgIpc) is 2.92. The van der Waals surface area contributed by atoms with Crippen molar-refractivity contribution in [3.05, 3.63) is 51.3 Å². The molecule has 1 heterocycles. The molecule has 0 fully saturated rings. The van der Waals surface area contributed by atoms with Gasteiger partial charge in [0.05, 0.1) is 11.1 Å². The second-order valence-electron chi connectivity index (χ2n) is 4.15. The molecule has 0 atom stereocenters. The van der Waals surface area contributed by atoms with Gasteiger partial charge in [0, 0.05) is 5.56 Å². The number of hydrogen-bond acceptors (Lipinski definition) is 6. The van der Waals surface area contributed by atoms with Crippen LogP contribution in [0.3, 0.4) is 0 Å². The summed E-state index contributed by atoms with van der Waals surface area (Å²) in [4.78, 5) is 21.6. The Morgan fingerprint density at radius 3 is 3.05 bits per heavy atom. The zero-order chi connectivity index (χ0) is 15.4. The third kappa shape index (κ3) is 3.21. The van der Waals surface area contributed by atoms with Crippen LogP contribution < -0.4 is 5.43 Å². The van der Waals surface area contributed by atoms with Gasteiger partial charge in [-0.25, -0.2) is 5.43 Å². The number of hydrogen-bond donors (Lipinski definition) is 3. The smallest absolute Gasteiger partial charge is 0.319 e. The first kappa shape index (κ1) is 14.2. The number of carbonyl (C=O) groups is 1. The van der Waals surface area contributed by atoms with E-state index in [1.165, 1.54) is 12.3 Å². The fourth-order valence-corrected chi connectivity index (χ4v) is 1.58. The van der Waals surface area contributed by atoms with Crippen molar-refractivity contribution < 1.29 is 14.8 Å². The highest BCUT2D eigenvalue weighted by Crippen LogP contribution is 2.16. The lowest BCUT2D eigenvalue weighted by Gasteiger charge is -2.00. The number of aryl methyl sites for hydroxylation is 1. The molecule has 2 rings (SSSR count). The number of nitrogens with one attached hydrogen (secondary N) is 2. The van der Waals surface area contributed by atoms with Gasteiger partial charge in [-0.15, -0.1) is 0 Å². The molecule has 0 bridgehead atoms. The van der Waals surface area contributed by atoms with E-state index in [2.05, 4.69) is 20.7 Å². The van der Waals surface area contributed by atoms with E-state index in [9.17, 15) is 20.0 Å². The lowest BCUT2D eigenvalue weighted by atomic mass is 10.1. The van der Waals surface area contributed by atoms with Crippen LogP contribution in [0.5, 0.6) is 5.75 Å². The van der Waals surface area contributed by atoms with E-state index in [1.54, 1.807) is 12.1 Å². The number of H-pyrrole nitrogens is 1. The van der Waals surface area contributed by atoms with E-state index >= 15 is 0 Å². The standard InChI is InChI=1S/C12H11N5O4/c1-7-2-3-10(18)8(4-7)5-13-16-12(19)11-9(17(20)21)6-14-15-11/h2-6,18H,1H3,(H,14,15)(H,16,19). The number of aromatic nitrogens is 2. The number of amides is 1. The molecule has 0 aliphatic rings. The minimum absolute atomic E-state index is 0.00567. The Morgan fingerprint density at radius 2 is 2.33 bits per heavy atom. The van der Waals surface area contributed by atoms with Crippen LogP contribution in [0.1, 0.15) is 21.6 Å². The number of hydrazone groups is 1. The number of carbonyl (C=O) groups excluding carboxylic acids is 1. The molecule has 3 N–H and O–H groups in total. The van der Waals surface area contributed by atoms with Crippen molar-refractivity contribution >= 4 is 17.8 Å². The first-order valence-corrected chi connectivity index (χ1v) is 5.80. The van der Waals surface area contributed by atoms with Crippen molar-refractivity contribution in [2.45, 2.75) is 6.92 Å². The minimum Gasteiger partial charge on any atom is -0.507 e. The van der Waals surface area contributed by atoms with Gasteiger partial charge in [-0.1, -0.05) is 11.6 Å². The van der Waals surface area contributed by atoms with Gasteiger partial charge in [0.25, 0.3) is 5.91 Å². The SMILES string of the molecule is Cc1ccc(O)c(C=NNC(=O)c2[nH]ncc2[N+](=O)[O-])c1. The van der Waals surface area contributed by atoms with Crippen LogP contribution in [0.2, 0.25) is 0 Å². The lowest BCUT2D eigenvalue weighted by molar-refractivity contribution is -0.385. The number of aromatic hydroxyl groups is 1. The molecule has 108 valence electrons. The maximum atomic E-state index is 11.7. The molecule has 1 aromatic carbocycles. The number of phenols is 1. The Bertz CT molecular complexity index is 722. The van der Waals surface area contributed by atoms with Gasteiger partial charge in [-0.3, -0.25) is 20.0 Å². The third-order valence-electron chi connectivity index (χ3n) is 2.60. The Hall–Kier alpha value is -3.23. The second-order valence-corrected chi connectivity index (χ2v) is 4.15. The zero-order valence-electron chi connectivity index (χ0n) is 10.9. The van der Waals surface area contributed by atoms with Crippen LogP contribution in [0.25, 0.3) is 0 Å². The summed E-state index contributed by atoms with van der Waals surface area (Å²) >= 11 is 0. The van der Waals surface area contributed by atoms with Crippen molar-refractivity contribution in [2.24, 2.45) is 5.10 Å². The molecule has 0 saturated carbocycles. The van der Waals surface area contributed by atoms with E-state index in [0.29, 0.717) is 5.56 Å². The highest BCUT2D eigenvalue weighted by Gasteiger charge is 2.22. The molecule has 9 heteroatoms. The highest BCUT2D eigenvalue weighted by atomic mass is 16.6. The van der Waals surface area contributed by atoms with Gasteiger partial charge in [0.15, 0.2) is 0 Å². The van der Waals surface area contributed by atoms with Gasteiger partial charge >= 0.3 is 5.69 Å². The molecule has 1 aromatic heterocycles. The topological polar surface area (TPSA) is 134 Å². The van der Waals surface area contributed by atoms with Crippen molar-refractivity contribution in [2.75, 3.05) is 0 Å². The van der Waals surface area contributed by atoms with E-state index in [-0.39, 0.29) is 11.4 Å². The van der Waals surface area contributed by atoms with Crippen molar-refractivity contribution in [1.29, 1.82) is 0 Å². The largest absolute Gasteiger partial charge is 0.507 e. The predicted molar refractivity (Wildman–Crippen MR) is 73.1 cm³/mol. The third-order valence-corrected chi connectivity index (χ3v) is 2.60. The summed E-state index contributed by atoms with van der Waals surface area (Å²) in [6.07, 6.45) is 2.17. The molecule has 0 aliphatic heterocycles. The quantitative estimate of drug-likeness (QED) is 0.440. The summed E-state index contributed by atoms with van der Waals surface area (Å²) in [6, 6.07) is 4.89. The van der Waals surface area contributed by atoms with Crippen LogP contribution >= 0.6 is 0 Å². The summed E-state index contributed by atoms with van der Waals surface area (Å²) in [5.41, 5.74) is 2.69. The van der Waals surface area contributed by atoms with E-state index in [0.717, 1.165) is 11.8 Å². The maximum Gasteiger partial charge on any atom is 0.319 e. The van der Waals surface area contributed by atoms with Gasteiger partial charge < -0.3 is 5.11 Å². The van der Waals surface area contributed by atoms with Crippen molar-refractivity contribution in [1.82, 2.24) is 15.6 Å². The number of nitro groups is 1. The van der Waals surface area contributed by atoms with Crippen LogP contribution in [0.15, 0.2) is 29.5 Å². The fourth-order valence-electron chi connectivity index (χ4n) is 1.58. The summed E-state index contributed by atoms with van der Waals surface area (Å²) in [5, 5.41) is 29.6. The van der Waals surface area contributed by atoms with Gasteiger partial charge in [-0.05, 0) is 19.1 Å². The lowest BCUT2D eigenvalue weighted by Crippen LogP contribution is -2.19. The number of phenolic OH excluding ortho intramolecular Hbond substituents is 1. The number of benzene rings is 1. The summed E-state index contributed by atoms with van der Waals surface area (Å²) in [7, 11) is 0. The van der Waals surface area contributed by atoms with E-state index < -0.39 is 16.5 Å². The first-order chi connectivity index (χ1) is 9.99. The van der Waals surface area contributed by atoms with Crippen molar-refractivity contribution in [3.63, 3.8) is 0 Å². The highest BCUT2D eigenvalue weighted by molar-refractivity contribution is 5.96. The van der Waals surface area contributed by atoms with Crippen molar-refractivity contribution in [3.8, 4) is 5.75 Å². The average molecular weight is 289 g/mol. The molecular weight excluding hydrogens is 278 g/mol. The zero-order valence-corrected chi connectivity index (χ0v) is 10.9. The summed E-state index contributed by atoms with van der Waals surface area (Å²) < 4.78 is 0. The Morgan fingerprint density at radius 1 is 1.57 bits per heavy atom. The van der Waals surface area contributed by atoms with Gasteiger partial charge in [0.1, 0.15) is 11.9 Å². The minimum atomic E-state index is -0.803. The monoisotopic (exact) mass is 289 g/mol. The molecule has 21 heavy (non-hydrogen) atoms. The first-order valence-electron chi connectivity index (χ1n) is 5.80. The Labute approximate surface area is 118 Å². The number of rotatable bonds is 4. The van der Waals surface area contributed by atoms with Gasteiger partial charge in [-0.2, -0.15) is 10.2 Å². The van der Waals surface area contributed by atoms with Crippen LogP contribution in [-0.2, 0) is 0 Å². The van der Waals surface area contributed by atoms with Crippen LogP contribution in [-0.4, -0.2) is 32.3 Å². The molecule has 9 nitrogen and oxygen atoms in total. The number of nitrogens with zero attached hydrogens (tertiary/aromatic N) is 3. The summed E-state index contributed by atoms with van der Waals surface area (Å²) in [6.45, 7) is 1.84. The van der Waals surface area contributed by atoms with Crippen LogP contribution in [0.4, 0.5) is 5.69 Å². The molecule has 1 amide bonds. The molecule has 0 aliphatic carbocycles. The summed E-state index contributed by atoms with van der Waals surface area (Å²) in [5.74, 6) is -0.797. The molecule has 0 saturated heterocycles. The Kier molecular flexibility index (Phi) is 3.93.